The molecule has 0 amide bonds. The van der Waals surface area contributed by atoms with E-state index in [1.54, 1.807) is 14.2 Å². The van der Waals surface area contributed by atoms with Gasteiger partial charge in [0.2, 0.25) is 0 Å². The van der Waals surface area contributed by atoms with Crippen molar-refractivity contribution in [3.05, 3.63) is 60.2 Å². The molecule has 4 heterocycles. The minimum Gasteiger partial charge on any atom is -0.493 e. The minimum absolute atomic E-state index is 0.172. The molecule has 0 N–H and O–H groups in total. The average molecular weight is 658 g/mol. The number of rotatable bonds is 8. The summed E-state index contributed by atoms with van der Waals surface area (Å²) in [5.74, 6) is 3.19. The third kappa shape index (κ3) is 6.23. The summed E-state index contributed by atoms with van der Waals surface area (Å²) in [6.07, 6.45) is 1.97. The topological polar surface area (TPSA) is 80.1 Å². The van der Waals surface area contributed by atoms with Crippen molar-refractivity contribution in [3.63, 3.8) is 0 Å². The number of piperidine rings is 1. The predicted molar refractivity (Wildman–Crippen MR) is 190 cm³/mol. The smallest absolute Gasteiger partial charge is 0.161 e. The van der Waals surface area contributed by atoms with Crippen molar-refractivity contribution >= 4 is 26.6 Å². The van der Waals surface area contributed by atoms with Crippen LogP contribution in [0.1, 0.15) is 38.2 Å². The van der Waals surface area contributed by atoms with Gasteiger partial charge < -0.3 is 18.9 Å². The molecule has 0 spiro atoms. The van der Waals surface area contributed by atoms with E-state index in [1.165, 1.54) is 22.4 Å². The molecule has 10 heteroatoms. The van der Waals surface area contributed by atoms with E-state index < -0.39 is 9.84 Å². The van der Waals surface area contributed by atoms with E-state index in [1.807, 2.05) is 18.2 Å². The number of aromatic nitrogens is 2. The number of piperazine rings is 1. The zero-order chi connectivity index (χ0) is 32.9. The van der Waals surface area contributed by atoms with Gasteiger partial charge in [-0.1, -0.05) is 12.1 Å². The predicted octanol–water partition coefficient (Wildman–Crippen LogP) is 5.43. The molecule has 3 saturated heterocycles. The maximum absolute atomic E-state index is 11.9. The lowest BCUT2D eigenvalue weighted by Gasteiger charge is -2.41. The number of hydrogen-bond acceptors (Lipinski definition) is 8. The number of methoxy groups -OCH3 is 2. The van der Waals surface area contributed by atoms with E-state index >= 15 is 0 Å². The summed E-state index contributed by atoms with van der Waals surface area (Å²) in [7, 11) is 2.55. The van der Waals surface area contributed by atoms with Crippen LogP contribution in [0.2, 0.25) is 0 Å². The van der Waals surface area contributed by atoms with Crippen LogP contribution in [0.15, 0.2) is 54.6 Å². The number of aryl methyl sites for hydroxylation is 1. The average Bonchev–Trinajstić information content (AvgIpc) is 3.42. The fraction of sp³-hybridized carbons (Fsp3) is 0.486. The molecule has 0 unspecified atom stereocenters. The van der Waals surface area contributed by atoms with Gasteiger partial charge in [0.05, 0.1) is 36.8 Å². The first-order chi connectivity index (χ1) is 22.6. The Balaban J connectivity index is 1.23. The summed E-state index contributed by atoms with van der Waals surface area (Å²) in [5.41, 5.74) is 8.04. The summed E-state index contributed by atoms with van der Waals surface area (Å²) in [6.45, 7) is 10.7. The van der Waals surface area contributed by atoms with Crippen molar-refractivity contribution < 1.29 is 17.9 Å². The molecule has 0 saturated carbocycles. The highest BCUT2D eigenvalue weighted by atomic mass is 32.2. The molecule has 3 fully saturated rings. The van der Waals surface area contributed by atoms with Gasteiger partial charge in [0, 0.05) is 56.6 Å². The molecular weight excluding hydrogens is 611 g/mol. The highest BCUT2D eigenvalue weighted by Gasteiger charge is 2.39. The SMILES string of the molecule is COc1ccc(-c2nc3c(C4CCN(C5CS(=O)(=O)C5)CC4)cc(-c4ccc(N5CCN(C(C)C)CC5)cc4)cc3n2C)cc1OC. The Kier molecular flexibility index (Phi) is 8.70. The second-order valence-corrected chi connectivity index (χ2v) is 15.9. The van der Waals surface area contributed by atoms with Crippen LogP contribution >= 0.6 is 0 Å². The molecule has 7 rings (SSSR count). The van der Waals surface area contributed by atoms with Crippen molar-refractivity contribution in [1.29, 1.82) is 0 Å². The normalized spacial score (nSPS) is 19.7. The summed E-state index contributed by atoms with van der Waals surface area (Å²) in [4.78, 5) is 12.7. The molecule has 0 bridgehead atoms. The van der Waals surface area contributed by atoms with Gasteiger partial charge in [-0.15, -0.1) is 0 Å². The van der Waals surface area contributed by atoms with Gasteiger partial charge in [-0.05, 0) is 105 Å². The number of anilines is 1. The van der Waals surface area contributed by atoms with E-state index in [9.17, 15) is 8.42 Å². The molecule has 3 aliphatic heterocycles. The van der Waals surface area contributed by atoms with E-state index in [0.717, 1.165) is 74.5 Å². The highest BCUT2D eigenvalue weighted by molar-refractivity contribution is 7.92. The molecule has 0 aliphatic carbocycles. The van der Waals surface area contributed by atoms with Crippen molar-refractivity contribution in [3.8, 4) is 34.0 Å². The van der Waals surface area contributed by atoms with Crippen LogP contribution in [0, 0.1) is 0 Å². The van der Waals surface area contributed by atoms with Crippen LogP contribution in [0.5, 0.6) is 11.5 Å². The number of ether oxygens (including phenoxy) is 2. The maximum atomic E-state index is 11.9. The molecule has 0 atom stereocenters. The lowest BCUT2D eigenvalue weighted by atomic mass is 9.86. The monoisotopic (exact) mass is 657 g/mol. The highest BCUT2D eigenvalue weighted by Crippen LogP contribution is 2.40. The Hall–Kier alpha value is -3.60. The zero-order valence-corrected chi connectivity index (χ0v) is 29.1. The Labute approximate surface area is 279 Å². The van der Waals surface area contributed by atoms with Crippen LogP contribution in [0.25, 0.3) is 33.5 Å². The molecule has 250 valence electrons. The number of benzene rings is 3. The molecule has 9 nitrogen and oxygen atoms in total. The molecular formula is C37H47N5O4S. The number of nitrogens with zero attached hydrogens (tertiary/aromatic N) is 5. The number of hydrogen-bond donors (Lipinski definition) is 0. The molecule has 3 aromatic carbocycles. The van der Waals surface area contributed by atoms with Gasteiger partial charge in [0.15, 0.2) is 21.3 Å². The maximum Gasteiger partial charge on any atom is 0.161 e. The third-order valence-corrected chi connectivity index (χ3v) is 12.4. The fourth-order valence-electron chi connectivity index (χ4n) is 7.71. The van der Waals surface area contributed by atoms with Crippen molar-refractivity contribution in [2.24, 2.45) is 7.05 Å². The second kappa shape index (κ2) is 12.8. The Morgan fingerprint density at radius 3 is 2.06 bits per heavy atom. The lowest BCUT2D eigenvalue weighted by molar-refractivity contribution is 0.166. The van der Waals surface area contributed by atoms with Crippen LogP contribution < -0.4 is 14.4 Å². The number of likely N-dealkylation sites (tertiary alicyclic amines) is 1. The summed E-state index contributed by atoms with van der Waals surface area (Å²) < 4.78 is 37.0. The first kappa shape index (κ1) is 32.0. The zero-order valence-electron chi connectivity index (χ0n) is 28.3. The van der Waals surface area contributed by atoms with Gasteiger partial charge in [0.1, 0.15) is 5.82 Å². The third-order valence-electron chi connectivity index (χ3n) is 10.6. The van der Waals surface area contributed by atoms with Crippen molar-refractivity contribution in [2.75, 3.05) is 69.9 Å². The van der Waals surface area contributed by atoms with Gasteiger partial charge in [0.25, 0.3) is 0 Å². The van der Waals surface area contributed by atoms with E-state index in [4.69, 9.17) is 14.5 Å². The van der Waals surface area contributed by atoms with Crippen LogP contribution in [-0.2, 0) is 16.9 Å². The molecule has 3 aliphatic rings. The van der Waals surface area contributed by atoms with Crippen LogP contribution in [0.4, 0.5) is 5.69 Å². The molecule has 4 aromatic rings. The summed E-state index contributed by atoms with van der Waals surface area (Å²) >= 11 is 0. The lowest BCUT2D eigenvalue weighted by Crippen LogP contribution is -2.55. The second-order valence-electron chi connectivity index (χ2n) is 13.7. The fourth-order valence-corrected chi connectivity index (χ4v) is 9.21. The van der Waals surface area contributed by atoms with Gasteiger partial charge in [-0.2, -0.15) is 0 Å². The van der Waals surface area contributed by atoms with Gasteiger partial charge in [-0.25, -0.2) is 13.4 Å². The summed E-state index contributed by atoms with van der Waals surface area (Å²) in [5, 5.41) is 0. The van der Waals surface area contributed by atoms with Gasteiger partial charge >= 0.3 is 0 Å². The van der Waals surface area contributed by atoms with E-state index in [0.29, 0.717) is 35.0 Å². The standard InChI is InChI=1S/C37H47N5O4S/c1-25(2)40-16-18-42(19-17-40)30-9-6-26(7-10-30)29-20-32(27-12-14-41(15-13-27)31-23-47(43,44)24-31)36-33(21-29)39(3)37(38-36)28-8-11-34(45-4)35(22-28)46-5/h6-11,20-22,25,27,31H,12-19,23-24H2,1-5H3. The first-order valence-corrected chi connectivity index (χ1v) is 18.7. The molecule has 47 heavy (non-hydrogen) atoms. The van der Waals surface area contributed by atoms with Crippen LogP contribution in [-0.4, -0.2) is 105 Å². The number of fused-ring (bicyclic) bond motifs is 1. The quantitative estimate of drug-likeness (QED) is 0.248. The molecule has 1 aromatic heterocycles. The van der Waals surface area contributed by atoms with Crippen molar-refractivity contribution in [1.82, 2.24) is 19.4 Å². The van der Waals surface area contributed by atoms with Crippen molar-refractivity contribution in [2.45, 2.75) is 44.7 Å². The first-order valence-electron chi connectivity index (χ1n) is 16.9. The van der Waals surface area contributed by atoms with Crippen LogP contribution in [0.3, 0.4) is 0 Å². The number of sulfone groups is 1. The summed E-state index contributed by atoms with van der Waals surface area (Å²) in [6, 6.07) is 20.4. The van der Waals surface area contributed by atoms with Gasteiger partial charge in [-0.3, -0.25) is 9.80 Å². The number of imidazole rings is 1. The Morgan fingerprint density at radius 2 is 1.45 bits per heavy atom. The van der Waals surface area contributed by atoms with E-state index in [-0.39, 0.29) is 6.04 Å². The largest absolute Gasteiger partial charge is 0.493 e. The van der Waals surface area contributed by atoms with E-state index in [2.05, 4.69) is 76.6 Å². The Morgan fingerprint density at radius 1 is 0.787 bits per heavy atom. The molecule has 0 radical (unpaired) electrons. The Bertz CT molecular complexity index is 1840. The minimum atomic E-state index is -2.84.